The fourth-order valence-electron chi connectivity index (χ4n) is 2.96. The SMILES string of the molecule is Cc1nc(COc2ccc(Cl)cc2)sc1C(=O)Nc1cc(C(C)(C)C)nn1-c1ncccn1. The number of anilines is 1. The number of nitrogens with one attached hydrogen (secondary N) is 1. The van der Waals surface area contributed by atoms with Crippen LogP contribution in [0.15, 0.2) is 48.8 Å². The maximum Gasteiger partial charge on any atom is 0.268 e. The molecule has 1 amide bonds. The highest BCUT2D eigenvalue weighted by Gasteiger charge is 2.24. The molecule has 0 saturated heterocycles. The monoisotopic (exact) mass is 482 g/mol. The van der Waals surface area contributed by atoms with Gasteiger partial charge in [0.05, 0.1) is 11.4 Å². The standard InChI is InChI=1S/C23H23ClN6O2S/c1-14-20(33-19(27-14)13-32-16-8-6-15(24)7-9-16)21(31)28-18-12-17(23(2,3)4)29-30(18)22-25-10-5-11-26-22/h5-12H,13H2,1-4H3,(H,28,31). The van der Waals surface area contributed by atoms with Crippen molar-refractivity contribution < 1.29 is 9.53 Å². The molecule has 0 unspecified atom stereocenters. The lowest BCUT2D eigenvalue weighted by molar-refractivity contribution is 0.102. The van der Waals surface area contributed by atoms with Crippen LogP contribution in [0.4, 0.5) is 5.82 Å². The number of nitrogens with zero attached hydrogens (tertiary/aromatic N) is 5. The van der Waals surface area contributed by atoms with Crippen LogP contribution in [-0.4, -0.2) is 30.6 Å². The molecule has 0 spiro atoms. The summed E-state index contributed by atoms with van der Waals surface area (Å²) >= 11 is 7.19. The predicted molar refractivity (Wildman–Crippen MR) is 128 cm³/mol. The molecule has 0 aliphatic rings. The molecule has 3 heterocycles. The first-order chi connectivity index (χ1) is 15.7. The number of aromatic nitrogens is 5. The van der Waals surface area contributed by atoms with Gasteiger partial charge < -0.3 is 10.1 Å². The van der Waals surface area contributed by atoms with Crippen LogP contribution in [0, 0.1) is 6.92 Å². The third-order valence-corrected chi connectivity index (χ3v) is 6.07. The summed E-state index contributed by atoms with van der Waals surface area (Å²) in [7, 11) is 0. The van der Waals surface area contributed by atoms with Gasteiger partial charge in [0.1, 0.15) is 28.1 Å². The first-order valence-corrected chi connectivity index (χ1v) is 11.4. The summed E-state index contributed by atoms with van der Waals surface area (Å²) in [5.41, 5.74) is 1.22. The van der Waals surface area contributed by atoms with Gasteiger partial charge in [-0.3, -0.25) is 4.79 Å². The molecule has 0 saturated carbocycles. The predicted octanol–water partition coefficient (Wildman–Crippen LogP) is 5.21. The Balaban J connectivity index is 1.55. The molecular weight excluding hydrogens is 460 g/mol. The second-order valence-electron chi connectivity index (χ2n) is 8.34. The van der Waals surface area contributed by atoms with Gasteiger partial charge in [0.2, 0.25) is 0 Å². The number of hydrogen-bond donors (Lipinski definition) is 1. The zero-order valence-corrected chi connectivity index (χ0v) is 20.2. The average Bonchev–Trinajstić information content (AvgIpc) is 3.37. The maximum absolute atomic E-state index is 13.1. The minimum absolute atomic E-state index is 0.216. The lowest BCUT2D eigenvalue weighted by Gasteiger charge is -2.13. The number of hydrogen-bond acceptors (Lipinski definition) is 7. The van der Waals surface area contributed by atoms with Gasteiger partial charge in [-0.1, -0.05) is 32.4 Å². The van der Waals surface area contributed by atoms with Gasteiger partial charge in [-0.2, -0.15) is 9.78 Å². The van der Waals surface area contributed by atoms with Gasteiger partial charge in [0.15, 0.2) is 0 Å². The van der Waals surface area contributed by atoms with E-state index in [1.807, 2.05) is 6.07 Å². The van der Waals surface area contributed by atoms with E-state index in [-0.39, 0.29) is 17.9 Å². The highest BCUT2D eigenvalue weighted by molar-refractivity contribution is 7.13. The third-order valence-electron chi connectivity index (χ3n) is 4.68. The lowest BCUT2D eigenvalue weighted by atomic mass is 9.92. The average molecular weight is 483 g/mol. The third kappa shape index (κ3) is 5.37. The van der Waals surface area contributed by atoms with E-state index in [4.69, 9.17) is 16.3 Å². The molecule has 8 nitrogen and oxygen atoms in total. The van der Waals surface area contributed by atoms with E-state index in [0.717, 1.165) is 5.69 Å². The topological polar surface area (TPSA) is 94.8 Å². The number of thiazole rings is 1. The van der Waals surface area contributed by atoms with E-state index in [9.17, 15) is 4.79 Å². The van der Waals surface area contributed by atoms with E-state index >= 15 is 0 Å². The fourth-order valence-corrected chi connectivity index (χ4v) is 3.96. The Hall–Kier alpha value is -3.30. The van der Waals surface area contributed by atoms with E-state index in [2.05, 4.69) is 46.1 Å². The summed E-state index contributed by atoms with van der Waals surface area (Å²) in [6.45, 7) is 8.21. The molecule has 4 aromatic rings. The van der Waals surface area contributed by atoms with Crippen molar-refractivity contribution in [3.8, 4) is 11.7 Å². The second kappa shape index (κ2) is 9.29. The summed E-state index contributed by atoms with van der Waals surface area (Å²) in [6, 6.07) is 10.7. The van der Waals surface area contributed by atoms with Crippen LogP contribution in [0.2, 0.25) is 5.02 Å². The summed E-state index contributed by atoms with van der Waals surface area (Å²) < 4.78 is 7.30. The summed E-state index contributed by atoms with van der Waals surface area (Å²) in [5.74, 6) is 1.27. The molecule has 0 aliphatic carbocycles. The molecule has 10 heteroatoms. The van der Waals surface area contributed by atoms with Gasteiger partial charge in [0.25, 0.3) is 11.9 Å². The van der Waals surface area contributed by atoms with Gasteiger partial charge in [0, 0.05) is 28.9 Å². The molecule has 170 valence electrons. The van der Waals surface area contributed by atoms with E-state index in [1.54, 1.807) is 54.3 Å². The zero-order valence-electron chi connectivity index (χ0n) is 18.7. The summed E-state index contributed by atoms with van der Waals surface area (Å²) in [6.07, 6.45) is 3.26. The van der Waals surface area contributed by atoms with Crippen LogP contribution >= 0.6 is 22.9 Å². The molecule has 33 heavy (non-hydrogen) atoms. The zero-order chi connectivity index (χ0) is 23.6. The normalized spacial score (nSPS) is 11.4. The molecule has 3 aromatic heterocycles. The van der Waals surface area contributed by atoms with Crippen molar-refractivity contribution in [2.45, 2.75) is 39.7 Å². The summed E-state index contributed by atoms with van der Waals surface area (Å²) in [5, 5.41) is 8.92. The highest BCUT2D eigenvalue weighted by atomic mass is 35.5. The molecule has 1 aromatic carbocycles. The van der Waals surface area contributed by atoms with Gasteiger partial charge >= 0.3 is 0 Å². The number of rotatable bonds is 6. The molecular formula is C23H23ClN6O2S. The highest BCUT2D eigenvalue weighted by Crippen LogP contribution is 2.27. The smallest absolute Gasteiger partial charge is 0.268 e. The maximum atomic E-state index is 13.1. The Morgan fingerprint density at radius 1 is 1.18 bits per heavy atom. The van der Waals surface area contributed by atoms with Crippen molar-refractivity contribution in [2.75, 3.05) is 5.32 Å². The number of aryl methyl sites for hydroxylation is 1. The second-order valence-corrected chi connectivity index (χ2v) is 9.86. The number of benzene rings is 1. The quantitative estimate of drug-likeness (QED) is 0.405. The molecule has 4 rings (SSSR count). The first kappa shape index (κ1) is 22.9. The summed E-state index contributed by atoms with van der Waals surface area (Å²) in [4.78, 5) is 26.7. The van der Waals surface area contributed by atoms with Crippen LogP contribution in [0.5, 0.6) is 5.75 Å². The molecule has 0 atom stereocenters. The van der Waals surface area contributed by atoms with Gasteiger partial charge in [-0.15, -0.1) is 11.3 Å². The van der Waals surface area contributed by atoms with Crippen molar-refractivity contribution in [3.63, 3.8) is 0 Å². The Kier molecular flexibility index (Phi) is 6.44. The van der Waals surface area contributed by atoms with Crippen LogP contribution in [0.25, 0.3) is 5.95 Å². The first-order valence-electron chi connectivity index (χ1n) is 10.2. The molecule has 0 aliphatic heterocycles. The van der Waals surface area contributed by atoms with Crippen molar-refractivity contribution in [1.29, 1.82) is 0 Å². The number of halogens is 1. The lowest BCUT2D eigenvalue weighted by Crippen LogP contribution is -2.16. The Morgan fingerprint density at radius 2 is 1.88 bits per heavy atom. The Morgan fingerprint density at radius 3 is 2.55 bits per heavy atom. The van der Waals surface area contributed by atoms with Crippen molar-refractivity contribution in [2.24, 2.45) is 0 Å². The Labute approximate surface area is 200 Å². The number of amides is 1. The Bertz CT molecular complexity index is 1260. The molecule has 1 N–H and O–H groups in total. The van der Waals surface area contributed by atoms with Gasteiger partial charge in [-0.25, -0.2) is 15.0 Å². The molecule has 0 fully saturated rings. The van der Waals surface area contributed by atoms with E-state index < -0.39 is 0 Å². The van der Waals surface area contributed by atoms with E-state index in [0.29, 0.717) is 38.1 Å². The minimum Gasteiger partial charge on any atom is -0.486 e. The van der Waals surface area contributed by atoms with Crippen LogP contribution in [0.1, 0.15) is 46.8 Å². The minimum atomic E-state index is -0.278. The van der Waals surface area contributed by atoms with Gasteiger partial charge in [-0.05, 0) is 37.3 Å². The number of carbonyl (C=O) groups is 1. The van der Waals surface area contributed by atoms with Crippen molar-refractivity contribution in [3.05, 3.63) is 75.1 Å². The van der Waals surface area contributed by atoms with Crippen LogP contribution in [0.3, 0.4) is 0 Å². The van der Waals surface area contributed by atoms with Crippen LogP contribution in [-0.2, 0) is 12.0 Å². The molecule has 0 bridgehead atoms. The number of carbonyl (C=O) groups excluding carboxylic acids is 1. The largest absolute Gasteiger partial charge is 0.486 e. The van der Waals surface area contributed by atoms with E-state index in [1.165, 1.54) is 11.3 Å². The van der Waals surface area contributed by atoms with Crippen LogP contribution < -0.4 is 10.1 Å². The van der Waals surface area contributed by atoms with Crippen molar-refractivity contribution in [1.82, 2.24) is 24.7 Å². The van der Waals surface area contributed by atoms with Crippen molar-refractivity contribution >= 4 is 34.7 Å². The molecule has 0 radical (unpaired) electrons. The number of ether oxygens (including phenoxy) is 1. The fraction of sp³-hybridized carbons (Fsp3) is 0.261.